The number of rotatable bonds is 4. The summed E-state index contributed by atoms with van der Waals surface area (Å²) in [5.74, 6) is -0.374. The minimum atomic E-state index is -0.501. The van der Waals surface area contributed by atoms with Crippen molar-refractivity contribution < 1.29 is 13.7 Å². The van der Waals surface area contributed by atoms with Crippen LogP contribution >= 0.6 is 11.6 Å². The summed E-state index contributed by atoms with van der Waals surface area (Å²) in [5, 5.41) is 10.5. The van der Waals surface area contributed by atoms with Gasteiger partial charge in [-0.2, -0.15) is 5.10 Å². The van der Waals surface area contributed by atoms with E-state index in [2.05, 4.69) is 15.6 Å². The van der Waals surface area contributed by atoms with Crippen LogP contribution in [-0.2, 0) is 6.54 Å². The van der Waals surface area contributed by atoms with Gasteiger partial charge in [0.05, 0.1) is 23.5 Å². The topological polar surface area (TPSA) is 73.0 Å². The molecule has 8 heteroatoms. The average molecular weight is 335 g/mol. The second-order valence-corrected chi connectivity index (χ2v) is 5.32. The molecule has 0 atom stereocenters. The van der Waals surface area contributed by atoms with E-state index in [1.165, 1.54) is 29.1 Å². The minimum Gasteiger partial charge on any atom is -0.351 e. The fraction of sp³-hybridized carbons (Fsp3) is 0.133. The van der Waals surface area contributed by atoms with Gasteiger partial charge in [0.15, 0.2) is 0 Å². The number of nitrogens with one attached hydrogen (secondary N) is 1. The maximum absolute atomic E-state index is 13.5. The van der Waals surface area contributed by atoms with Gasteiger partial charge in [-0.1, -0.05) is 22.8 Å². The lowest BCUT2D eigenvalue weighted by Gasteiger charge is -2.08. The molecule has 3 aromatic rings. The van der Waals surface area contributed by atoms with Gasteiger partial charge in [0.1, 0.15) is 11.6 Å². The van der Waals surface area contributed by atoms with Crippen LogP contribution in [0.2, 0.25) is 5.02 Å². The third kappa shape index (κ3) is 3.40. The molecule has 0 saturated heterocycles. The molecule has 1 amide bonds. The molecule has 118 valence electrons. The summed E-state index contributed by atoms with van der Waals surface area (Å²) in [6.45, 7) is 2.01. The number of carbonyl (C=O) groups excluding carboxylic acids is 1. The fourth-order valence-electron chi connectivity index (χ4n) is 2.02. The van der Waals surface area contributed by atoms with Gasteiger partial charge in [0.25, 0.3) is 5.91 Å². The molecule has 2 heterocycles. The van der Waals surface area contributed by atoms with Gasteiger partial charge in [-0.3, -0.25) is 4.79 Å². The lowest BCUT2D eigenvalue weighted by Crippen LogP contribution is -2.15. The number of anilines is 1. The van der Waals surface area contributed by atoms with Crippen LogP contribution in [-0.4, -0.2) is 20.8 Å². The zero-order chi connectivity index (χ0) is 16.4. The average Bonchev–Trinajstić information content (AvgIpc) is 3.13. The molecule has 0 radical (unpaired) electrons. The molecule has 0 aliphatic heterocycles. The van der Waals surface area contributed by atoms with E-state index in [1.807, 2.05) is 0 Å². The molecule has 0 aliphatic rings. The lowest BCUT2D eigenvalue weighted by atomic mass is 10.2. The first-order valence-corrected chi connectivity index (χ1v) is 7.11. The van der Waals surface area contributed by atoms with Crippen LogP contribution in [0.1, 0.15) is 21.8 Å². The highest BCUT2D eigenvalue weighted by Gasteiger charge is 2.14. The van der Waals surface area contributed by atoms with E-state index >= 15 is 0 Å². The Morgan fingerprint density at radius 1 is 1.39 bits per heavy atom. The molecule has 2 aromatic heterocycles. The van der Waals surface area contributed by atoms with Crippen LogP contribution in [0.4, 0.5) is 10.2 Å². The summed E-state index contributed by atoms with van der Waals surface area (Å²) in [7, 11) is 0. The molecule has 0 bridgehead atoms. The number of hydrogen-bond acceptors (Lipinski definition) is 4. The Morgan fingerprint density at radius 2 is 2.22 bits per heavy atom. The van der Waals surface area contributed by atoms with E-state index in [0.29, 0.717) is 17.1 Å². The summed E-state index contributed by atoms with van der Waals surface area (Å²) in [6, 6.07) is 7.66. The van der Waals surface area contributed by atoms with Crippen LogP contribution in [0.5, 0.6) is 0 Å². The van der Waals surface area contributed by atoms with Crippen molar-refractivity contribution in [2.75, 3.05) is 5.32 Å². The van der Waals surface area contributed by atoms with E-state index in [4.69, 9.17) is 16.1 Å². The van der Waals surface area contributed by atoms with E-state index in [9.17, 15) is 9.18 Å². The van der Waals surface area contributed by atoms with Crippen molar-refractivity contribution >= 4 is 23.3 Å². The molecule has 6 nitrogen and oxygen atoms in total. The van der Waals surface area contributed by atoms with Crippen molar-refractivity contribution in [3.8, 4) is 0 Å². The Labute approximate surface area is 135 Å². The first-order valence-electron chi connectivity index (χ1n) is 6.73. The largest absolute Gasteiger partial charge is 0.351 e. The molecule has 1 aromatic carbocycles. The molecule has 1 N–H and O–H groups in total. The number of hydrogen-bond donors (Lipinski definition) is 1. The first kappa shape index (κ1) is 15.2. The molecular weight excluding hydrogens is 323 g/mol. The normalized spacial score (nSPS) is 10.7. The maximum Gasteiger partial charge on any atom is 0.295 e. The van der Waals surface area contributed by atoms with E-state index in [0.717, 1.165) is 0 Å². The molecule has 0 fully saturated rings. The molecule has 0 spiro atoms. The van der Waals surface area contributed by atoms with Crippen LogP contribution in [0.15, 0.2) is 41.1 Å². The summed E-state index contributed by atoms with van der Waals surface area (Å²) in [6.07, 6.45) is 1.54. The Morgan fingerprint density at radius 3 is 2.91 bits per heavy atom. The van der Waals surface area contributed by atoms with Gasteiger partial charge >= 0.3 is 0 Å². The van der Waals surface area contributed by atoms with Gasteiger partial charge in [0.2, 0.25) is 5.76 Å². The quantitative estimate of drug-likeness (QED) is 0.794. The van der Waals surface area contributed by atoms with Gasteiger partial charge in [-0.25, -0.2) is 9.07 Å². The highest BCUT2D eigenvalue weighted by atomic mass is 35.5. The summed E-state index contributed by atoms with van der Waals surface area (Å²) >= 11 is 5.66. The number of benzene rings is 1. The maximum atomic E-state index is 13.5. The predicted molar refractivity (Wildman–Crippen MR) is 81.9 cm³/mol. The summed E-state index contributed by atoms with van der Waals surface area (Å²) in [4.78, 5) is 12.1. The lowest BCUT2D eigenvalue weighted by molar-refractivity contribution is 0.0987. The molecule has 3 rings (SSSR count). The third-order valence-electron chi connectivity index (χ3n) is 3.13. The van der Waals surface area contributed by atoms with Crippen LogP contribution in [0, 0.1) is 12.7 Å². The second kappa shape index (κ2) is 6.21. The van der Waals surface area contributed by atoms with Crippen molar-refractivity contribution in [2.24, 2.45) is 0 Å². The Kier molecular flexibility index (Phi) is 4.12. The van der Waals surface area contributed by atoms with Crippen molar-refractivity contribution in [3.63, 3.8) is 0 Å². The van der Waals surface area contributed by atoms with Crippen LogP contribution < -0.4 is 5.32 Å². The van der Waals surface area contributed by atoms with Gasteiger partial charge in [-0.05, 0) is 24.6 Å². The van der Waals surface area contributed by atoms with Crippen molar-refractivity contribution in [1.29, 1.82) is 0 Å². The smallest absolute Gasteiger partial charge is 0.295 e. The Hall–Kier alpha value is -2.67. The van der Waals surface area contributed by atoms with E-state index in [1.54, 1.807) is 19.1 Å². The number of nitrogens with zero attached hydrogens (tertiary/aromatic N) is 3. The highest BCUT2D eigenvalue weighted by molar-refractivity contribution is 6.30. The Bertz CT molecular complexity index is 859. The monoisotopic (exact) mass is 334 g/mol. The van der Waals surface area contributed by atoms with E-state index in [-0.39, 0.29) is 17.3 Å². The SMILES string of the molecule is Cc1cc(C(=O)Nc2ccnn2Cc2ccc(Cl)c(F)c2)on1. The molecule has 0 aliphatic carbocycles. The number of aromatic nitrogens is 3. The standard InChI is InChI=1S/C15H12ClFN4O2/c1-9-6-13(23-20-9)15(22)19-14-4-5-18-21(14)8-10-2-3-11(16)12(17)7-10/h2-7H,8H2,1H3,(H,19,22). The number of carbonyl (C=O) groups is 1. The van der Waals surface area contributed by atoms with Crippen molar-refractivity contribution in [3.05, 3.63) is 64.4 Å². The summed E-state index contributed by atoms with van der Waals surface area (Å²) < 4.78 is 19.9. The van der Waals surface area contributed by atoms with Crippen molar-refractivity contribution in [1.82, 2.24) is 14.9 Å². The Balaban J connectivity index is 1.76. The molecule has 23 heavy (non-hydrogen) atoms. The summed E-state index contributed by atoms with van der Waals surface area (Å²) in [5.41, 5.74) is 1.28. The van der Waals surface area contributed by atoms with Gasteiger partial charge in [-0.15, -0.1) is 0 Å². The van der Waals surface area contributed by atoms with Gasteiger partial charge in [0, 0.05) is 12.1 Å². The van der Waals surface area contributed by atoms with Crippen LogP contribution in [0.3, 0.4) is 0 Å². The van der Waals surface area contributed by atoms with Crippen LogP contribution in [0.25, 0.3) is 0 Å². The van der Waals surface area contributed by atoms with Gasteiger partial charge < -0.3 is 9.84 Å². The predicted octanol–water partition coefficient (Wildman–Crippen LogP) is 3.27. The highest BCUT2D eigenvalue weighted by Crippen LogP contribution is 2.18. The number of halogens is 2. The fourth-order valence-corrected chi connectivity index (χ4v) is 2.14. The first-order chi connectivity index (χ1) is 11.0. The van der Waals surface area contributed by atoms with E-state index < -0.39 is 11.7 Å². The molecule has 0 unspecified atom stereocenters. The number of amides is 1. The third-order valence-corrected chi connectivity index (χ3v) is 3.43. The molecule has 0 saturated carbocycles. The molecular formula is C15H12ClFN4O2. The van der Waals surface area contributed by atoms with Crippen molar-refractivity contribution in [2.45, 2.75) is 13.5 Å². The minimum absolute atomic E-state index is 0.0587. The zero-order valence-electron chi connectivity index (χ0n) is 12.1. The second-order valence-electron chi connectivity index (χ2n) is 4.91. The number of aryl methyl sites for hydroxylation is 1. The zero-order valence-corrected chi connectivity index (χ0v) is 12.8.